The maximum absolute atomic E-state index is 14.0. The van der Waals surface area contributed by atoms with E-state index in [1.165, 1.54) is 17.7 Å². The average Bonchev–Trinajstić information content (AvgIpc) is 3.73. The second-order valence-corrected chi connectivity index (χ2v) is 10.7. The van der Waals surface area contributed by atoms with E-state index in [2.05, 4.69) is 30.9 Å². The molecule has 1 atom stereocenters. The van der Waals surface area contributed by atoms with Crippen LogP contribution in [0.1, 0.15) is 74.6 Å². The van der Waals surface area contributed by atoms with Gasteiger partial charge in [-0.1, -0.05) is 55.5 Å². The molecule has 2 aliphatic carbocycles. The molecule has 1 nitrogen and oxygen atoms in total. The first-order chi connectivity index (χ1) is 16.9. The number of aryl methyl sites for hydroxylation is 1. The molecule has 0 radical (unpaired) electrons. The van der Waals surface area contributed by atoms with E-state index < -0.39 is 23.2 Å². The van der Waals surface area contributed by atoms with Crippen molar-refractivity contribution < 1.29 is 26.3 Å². The lowest BCUT2D eigenvalue weighted by Crippen LogP contribution is -2.36. The Morgan fingerprint density at radius 2 is 1.33 bits per heavy atom. The minimum Gasteiger partial charge on any atom is -0.300 e. The van der Waals surface area contributed by atoms with E-state index in [1.54, 1.807) is 6.07 Å². The van der Waals surface area contributed by atoms with Gasteiger partial charge in [0.25, 0.3) is 0 Å². The molecule has 2 saturated carbocycles. The summed E-state index contributed by atoms with van der Waals surface area (Å²) in [6.45, 7) is 6.04. The van der Waals surface area contributed by atoms with Gasteiger partial charge in [0.1, 0.15) is 0 Å². The van der Waals surface area contributed by atoms with Gasteiger partial charge in [-0.3, -0.25) is 0 Å². The molecule has 198 valence electrons. The molecule has 0 heterocycles. The number of hydrogen-bond acceptors (Lipinski definition) is 1. The lowest BCUT2D eigenvalue weighted by molar-refractivity contribution is -0.167. The summed E-state index contributed by atoms with van der Waals surface area (Å²) in [4.78, 5) is 2.39. The van der Waals surface area contributed by atoms with Crippen molar-refractivity contribution in [1.82, 2.24) is 4.90 Å². The molecule has 0 N–H and O–H groups in total. The normalized spacial score (nSPS) is 19.4. The number of nitrogens with zero attached hydrogens (tertiary/aromatic N) is 1. The minimum atomic E-state index is -4.55. The van der Waals surface area contributed by atoms with Gasteiger partial charge in [-0.05, 0) is 87.1 Å². The fraction of sp³-hybridized carbons (Fsp3) is 0.586. The van der Waals surface area contributed by atoms with Gasteiger partial charge in [-0.2, -0.15) is 26.3 Å². The van der Waals surface area contributed by atoms with Crippen molar-refractivity contribution in [2.75, 3.05) is 13.1 Å². The Bertz CT molecular complexity index is 1020. The maximum Gasteiger partial charge on any atom is 0.398 e. The number of halogens is 6. The molecule has 2 aromatic carbocycles. The third kappa shape index (κ3) is 5.32. The summed E-state index contributed by atoms with van der Waals surface area (Å²) >= 11 is 0. The average molecular weight is 512 g/mol. The SMILES string of the molecule is CCCN(CCc1ccccc1)C(C)CCc1ccc(C2(C(F)(F)F)CC2)c(C2(C(F)(F)F)CC2)c1. The van der Waals surface area contributed by atoms with Gasteiger partial charge in [-0.25, -0.2) is 0 Å². The van der Waals surface area contributed by atoms with Crippen molar-refractivity contribution in [3.63, 3.8) is 0 Å². The van der Waals surface area contributed by atoms with Crippen molar-refractivity contribution in [2.45, 2.75) is 94.4 Å². The van der Waals surface area contributed by atoms with E-state index in [0.717, 1.165) is 32.4 Å². The van der Waals surface area contributed by atoms with Crippen molar-refractivity contribution in [3.8, 4) is 0 Å². The van der Waals surface area contributed by atoms with Crippen LogP contribution in [-0.2, 0) is 23.7 Å². The summed E-state index contributed by atoms with van der Waals surface area (Å²) in [5.41, 5.74) is -2.60. The molecule has 0 amide bonds. The Balaban J connectivity index is 1.52. The van der Waals surface area contributed by atoms with Crippen LogP contribution in [0.5, 0.6) is 0 Å². The molecule has 0 aliphatic heterocycles. The molecular weight excluding hydrogens is 476 g/mol. The van der Waals surface area contributed by atoms with Gasteiger partial charge in [0.2, 0.25) is 0 Å². The van der Waals surface area contributed by atoms with Gasteiger partial charge < -0.3 is 4.90 Å². The molecule has 1 unspecified atom stereocenters. The molecule has 2 fully saturated rings. The highest BCUT2D eigenvalue weighted by Gasteiger charge is 2.70. The second-order valence-electron chi connectivity index (χ2n) is 10.7. The van der Waals surface area contributed by atoms with Crippen LogP contribution in [0.4, 0.5) is 26.3 Å². The Morgan fingerprint density at radius 1 is 0.750 bits per heavy atom. The van der Waals surface area contributed by atoms with Crippen LogP contribution in [-0.4, -0.2) is 36.4 Å². The third-order valence-corrected chi connectivity index (χ3v) is 8.22. The quantitative estimate of drug-likeness (QED) is 0.275. The smallest absolute Gasteiger partial charge is 0.300 e. The molecule has 0 aromatic heterocycles. The van der Waals surface area contributed by atoms with E-state index in [1.807, 2.05) is 18.2 Å². The molecule has 0 bridgehead atoms. The van der Waals surface area contributed by atoms with Crippen LogP contribution < -0.4 is 0 Å². The number of benzene rings is 2. The number of rotatable bonds is 11. The molecule has 2 aliphatic rings. The lowest BCUT2D eigenvalue weighted by Gasteiger charge is -2.30. The van der Waals surface area contributed by atoms with Crippen LogP contribution in [0.15, 0.2) is 48.5 Å². The standard InChI is InChI=1S/C29H35F6N/c1-3-18-36(19-13-22-7-5-4-6-8-22)21(2)9-10-23-11-12-24(26(14-15-26)28(30,31)32)25(20-23)27(16-17-27)29(33,34)35/h4-8,11-12,20-21H,3,9-10,13-19H2,1-2H3. The summed E-state index contributed by atoms with van der Waals surface area (Å²) in [5.74, 6) is 0. The first-order valence-corrected chi connectivity index (χ1v) is 13.0. The Labute approximate surface area is 209 Å². The molecular formula is C29H35F6N. The van der Waals surface area contributed by atoms with E-state index in [9.17, 15) is 26.3 Å². The van der Waals surface area contributed by atoms with E-state index in [0.29, 0.717) is 12.0 Å². The Hall–Kier alpha value is -2.02. The van der Waals surface area contributed by atoms with Crippen molar-refractivity contribution in [1.29, 1.82) is 0 Å². The fourth-order valence-corrected chi connectivity index (χ4v) is 5.54. The summed E-state index contributed by atoms with van der Waals surface area (Å²) < 4.78 is 83.8. The highest BCUT2D eigenvalue weighted by atomic mass is 19.4. The first kappa shape index (κ1) is 27.0. The van der Waals surface area contributed by atoms with Crippen molar-refractivity contribution >= 4 is 0 Å². The summed E-state index contributed by atoms with van der Waals surface area (Å²) in [6, 6.07) is 14.8. The largest absolute Gasteiger partial charge is 0.398 e. The highest BCUT2D eigenvalue weighted by molar-refractivity contribution is 5.50. The maximum atomic E-state index is 14.0. The zero-order chi connectivity index (χ0) is 26.2. The monoisotopic (exact) mass is 511 g/mol. The van der Waals surface area contributed by atoms with Gasteiger partial charge in [0.15, 0.2) is 0 Å². The third-order valence-electron chi connectivity index (χ3n) is 8.22. The molecule has 0 saturated heterocycles. The summed E-state index contributed by atoms with van der Waals surface area (Å²) in [6.07, 6.45) is -6.47. The van der Waals surface area contributed by atoms with Crippen LogP contribution in [0.25, 0.3) is 0 Å². The van der Waals surface area contributed by atoms with Crippen molar-refractivity contribution in [3.05, 3.63) is 70.8 Å². The van der Waals surface area contributed by atoms with Gasteiger partial charge in [-0.15, -0.1) is 0 Å². The highest BCUT2D eigenvalue weighted by Crippen LogP contribution is 2.66. The van der Waals surface area contributed by atoms with Crippen molar-refractivity contribution in [2.24, 2.45) is 0 Å². The second kappa shape index (κ2) is 10.0. The van der Waals surface area contributed by atoms with Gasteiger partial charge >= 0.3 is 12.4 Å². The fourth-order valence-electron chi connectivity index (χ4n) is 5.54. The predicted molar refractivity (Wildman–Crippen MR) is 130 cm³/mol. The molecule has 2 aromatic rings. The lowest BCUT2D eigenvalue weighted by atomic mass is 9.81. The van der Waals surface area contributed by atoms with Crippen LogP contribution >= 0.6 is 0 Å². The number of alkyl halides is 6. The number of hydrogen-bond donors (Lipinski definition) is 0. The first-order valence-electron chi connectivity index (χ1n) is 13.0. The van der Waals surface area contributed by atoms with Crippen LogP contribution in [0.3, 0.4) is 0 Å². The summed E-state index contributed by atoms with van der Waals surface area (Å²) in [7, 11) is 0. The molecule has 4 rings (SSSR count). The van der Waals surface area contributed by atoms with E-state index in [4.69, 9.17) is 0 Å². The zero-order valence-corrected chi connectivity index (χ0v) is 21.0. The molecule has 7 heteroatoms. The van der Waals surface area contributed by atoms with E-state index >= 15 is 0 Å². The Kier molecular flexibility index (Phi) is 7.53. The van der Waals surface area contributed by atoms with E-state index in [-0.39, 0.29) is 42.9 Å². The Morgan fingerprint density at radius 3 is 1.86 bits per heavy atom. The molecule has 0 spiro atoms. The van der Waals surface area contributed by atoms with Crippen LogP contribution in [0.2, 0.25) is 0 Å². The van der Waals surface area contributed by atoms with Gasteiger partial charge in [0.05, 0.1) is 10.8 Å². The zero-order valence-electron chi connectivity index (χ0n) is 21.0. The summed E-state index contributed by atoms with van der Waals surface area (Å²) in [5, 5.41) is 0. The molecule has 36 heavy (non-hydrogen) atoms. The van der Waals surface area contributed by atoms with Crippen LogP contribution in [0, 0.1) is 0 Å². The predicted octanol–water partition coefficient (Wildman–Crippen LogP) is 8.15. The topological polar surface area (TPSA) is 3.24 Å². The van der Waals surface area contributed by atoms with Gasteiger partial charge in [0, 0.05) is 12.6 Å². The minimum absolute atomic E-state index is 0.135.